The van der Waals surface area contributed by atoms with Gasteiger partial charge in [0.25, 0.3) is 0 Å². The molecule has 1 N–H and O–H groups in total. The summed E-state index contributed by atoms with van der Waals surface area (Å²) in [6.07, 6.45) is 4.25. The van der Waals surface area contributed by atoms with Gasteiger partial charge in [-0.05, 0) is 44.9 Å². The predicted octanol–water partition coefficient (Wildman–Crippen LogP) is 3.49. The van der Waals surface area contributed by atoms with Crippen molar-refractivity contribution in [1.29, 1.82) is 5.26 Å². The van der Waals surface area contributed by atoms with Gasteiger partial charge in [0, 0.05) is 6.54 Å². The van der Waals surface area contributed by atoms with Crippen LogP contribution in [0.1, 0.15) is 38.3 Å². The van der Waals surface area contributed by atoms with Crippen LogP contribution in [0.25, 0.3) is 6.08 Å². The fraction of sp³-hybridized carbons (Fsp3) is 0.375. The number of alkyl carbamates (subject to hydrolysis) is 1. The lowest BCUT2D eigenvalue weighted by molar-refractivity contribution is 0.0529. The maximum Gasteiger partial charge on any atom is 0.407 e. The van der Waals surface area contributed by atoms with Crippen LogP contribution >= 0.6 is 0 Å². The highest BCUT2D eigenvalue weighted by Crippen LogP contribution is 2.07. The molecular weight excluding hydrogens is 252 g/mol. The van der Waals surface area contributed by atoms with Crippen molar-refractivity contribution in [3.05, 3.63) is 41.5 Å². The van der Waals surface area contributed by atoms with Crippen molar-refractivity contribution in [3.8, 4) is 6.07 Å². The quantitative estimate of drug-likeness (QED) is 0.853. The standard InChI is InChI=1S/C16H20N2O2/c1-16(2,3)20-15(19)18-11-5-4-6-13-7-9-14(12-17)10-8-13/h4,6-10H,5,11H2,1-3H3,(H,18,19). The Labute approximate surface area is 120 Å². The van der Waals surface area contributed by atoms with Gasteiger partial charge in [0.05, 0.1) is 11.6 Å². The van der Waals surface area contributed by atoms with E-state index in [0.29, 0.717) is 12.1 Å². The number of carbonyl (C=O) groups excluding carboxylic acids is 1. The Morgan fingerprint density at radius 2 is 2.00 bits per heavy atom. The molecule has 0 atom stereocenters. The molecule has 0 saturated heterocycles. The molecule has 1 aromatic carbocycles. The van der Waals surface area contributed by atoms with Crippen LogP contribution in [0.4, 0.5) is 4.79 Å². The van der Waals surface area contributed by atoms with Gasteiger partial charge in [0.15, 0.2) is 0 Å². The molecule has 0 radical (unpaired) electrons. The Morgan fingerprint density at radius 3 is 2.55 bits per heavy atom. The van der Waals surface area contributed by atoms with Crippen molar-refractivity contribution in [2.45, 2.75) is 32.8 Å². The van der Waals surface area contributed by atoms with E-state index in [9.17, 15) is 4.79 Å². The summed E-state index contributed by atoms with van der Waals surface area (Å²) >= 11 is 0. The molecule has 1 amide bonds. The van der Waals surface area contributed by atoms with E-state index in [1.807, 2.05) is 45.1 Å². The lowest BCUT2D eigenvalue weighted by atomic mass is 10.1. The Bertz CT molecular complexity index is 505. The van der Waals surface area contributed by atoms with E-state index >= 15 is 0 Å². The molecule has 0 fully saturated rings. The van der Waals surface area contributed by atoms with E-state index in [2.05, 4.69) is 11.4 Å². The molecule has 0 aliphatic rings. The van der Waals surface area contributed by atoms with Crippen molar-refractivity contribution in [1.82, 2.24) is 5.32 Å². The summed E-state index contributed by atoms with van der Waals surface area (Å²) in [5.41, 5.74) is 1.21. The minimum Gasteiger partial charge on any atom is -0.444 e. The number of ether oxygens (including phenoxy) is 1. The number of carbonyl (C=O) groups is 1. The highest BCUT2D eigenvalue weighted by atomic mass is 16.6. The first-order valence-corrected chi connectivity index (χ1v) is 6.54. The highest BCUT2D eigenvalue weighted by Gasteiger charge is 2.14. The zero-order chi connectivity index (χ0) is 15.0. The summed E-state index contributed by atoms with van der Waals surface area (Å²) < 4.78 is 5.12. The molecule has 106 valence electrons. The molecule has 0 aliphatic heterocycles. The third-order valence-corrected chi connectivity index (χ3v) is 2.33. The van der Waals surface area contributed by atoms with Crippen molar-refractivity contribution >= 4 is 12.2 Å². The van der Waals surface area contributed by atoms with Crippen LogP contribution in [0.5, 0.6) is 0 Å². The Kier molecular flexibility index (Phi) is 5.79. The number of nitriles is 1. The summed E-state index contributed by atoms with van der Waals surface area (Å²) in [6.45, 7) is 6.02. The second-order valence-corrected chi connectivity index (χ2v) is 5.35. The molecule has 4 heteroatoms. The van der Waals surface area contributed by atoms with Crippen LogP contribution in [-0.4, -0.2) is 18.2 Å². The summed E-state index contributed by atoms with van der Waals surface area (Å²) in [5.74, 6) is 0. The highest BCUT2D eigenvalue weighted by molar-refractivity contribution is 5.67. The number of nitrogens with one attached hydrogen (secondary N) is 1. The second kappa shape index (κ2) is 7.34. The maximum atomic E-state index is 11.4. The van der Waals surface area contributed by atoms with Crippen LogP contribution in [0.2, 0.25) is 0 Å². The molecule has 0 aliphatic carbocycles. The van der Waals surface area contributed by atoms with E-state index in [1.54, 1.807) is 12.1 Å². The van der Waals surface area contributed by atoms with Crippen LogP contribution in [0.15, 0.2) is 30.3 Å². The van der Waals surface area contributed by atoms with Crippen LogP contribution in [0.3, 0.4) is 0 Å². The summed E-state index contributed by atoms with van der Waals surface area (Å²) in [4.78, 5) is 11.4. The topological polar surface area (TPSA) is 62.1 Å². The molecule has 0 unspecified atom stereocenters. The van der Waals surface area contributed by atoms with Crippen molar-refractivity contribution in [3.63, 3.8) is 0 Å². The van der Waals surface area contributed by atoms with Crippen molar-refractivity contribution in [2.75, 3.05) is 6.54 Å². The number of nitrogens with zero attached hydrogens (tertiary/aromatic N) is 1. The molecule has 1 aromatic rings. The van der Waals surface area contributed by atoms with Gasteiger partial charge < -0.3 is 10.1 Å². The van der Waals surface area contributed by atoms with Gasteiger partial charge in [0.1, 0.15) is 5.60 Å². The van der Waals surface area contributed by atoms with E-state index in [4.69, 9.17) is 10.00 Å². The summed E-state index contributed by atoms with van der Waals surface area (Å²) in [6, 6.07) is 9.40. The number of rotatable bonds is 4. The zero-order valence-corrected chi connectivity index (χ0v) is 12.1. The molecular formula is C16H20N2O2. The van der Waals surface area contributed by atoms with Gasteiger partial charge in [-0.15, -0.1) is 0 Å². The van der Waals surface area contributed by atoms with Crippen LogP contribution < -0.4 is 5.32 Å². The maximum absolute atomic E-state index is 11.4. The molecule has 0 spiro atoms. The lowest BCUT2D eigenvalue weighted by Gasteiger charge is -2.19. The molecule has 0 bridgehead atoms. The zero-order valence-electron chi connectivity index (χ0n) is 12.1. The number of hydrogen-bond donors (Lipinski definition) is 1. The fourth-order valence-corrected chi connectivity index (χ4v) is 1.46. The fourth-order valence-electron chi connectivity index (χ4n) is 1.46. The van der Waals surface area contributed by atoms with E-state index in [0.717, 1.165) is 12.0 Å². The number of hydrogen-bond acceptors (Lipinski definition) is 3. The molecule has 0 heterocycles. The average Bonchev–Trinajstić information content (AvgIpc) is 2.37. The van der Waals surface area contributed by atoms with E-state index in [-0.39, 0.29) is 0 Å². The summed E-state index contributed by atoms with van der Waals surface area (Å²) in [7, 11) is 0. The largest absolute Gasteiger partial charge is 0.444 e. The molecule has 20 heavy (non-hydrogen) atoms. The first-order chi connectivity index (χ1) is 9.40. The number of benzene rings is 1. The van der Waals surface area contributed by atoms with E-state index < -0.39 is 11.7 Å². The van der Waals surface area contributed by atoms with Gasteiger partial charge in [-0.2, -0.15) is 5.26 Å². The smallest absolute Gasteiger partial charge is 0.407 e. The minimum absolute atomic E-state index is 0.399. The molecule has 0 aromatic heterocycles. The minimum atomic E-state index is -0.470. The monoisotopic (exact) mass is 272 g/mol. The SMILES string of the molecule is CC(C)(C)OC(=O)NCCC=Cc1ccc(C#N)cc1. The molecule has 0 saturated carbocycles. The number of amides is 1. The van der Waals surface area contributed by atoms with Crippen molar-refractivity contribution in [2.24, 2.45) is 0 Å². The Morgan fingerprint density at radius 1 is 1.35 bits per heavy atom. The van der Waals surface area contributed by atoms with Crippen molar-refractivity contribution < 1.29 is 9.53 Å². The lowest BCUT2D eigenvalue weighted by Crippen LogP contribution is -2.32. The average molecular weight is 272 g/mol. The van der Waals surface area contributed by atoms with Gasteiger partial charge in [-0.3, -0.25) is 0 Å². The predicted molar refractivity (Wildman–Crippen MR) is 79.0 cm³/mol. The Balaban J connectivity index is 2.28. The Hall–Kier alpha value is -2.28. The molecule has 4 nitrogen and oxygen atoms in total. The van der Waals surface area contributed by atoms with Gasteiger partial charge in [-0.25, -0.2) is 4.79 Å². The van der Waals surface area contributed by atoms with Gasteiger partial charge in [0.2, 0.25) is 0 Å². The normalized spacial score (nSPS) is 11.1. The first-order valence-electron chi connectivity index (χ1n) is 6.54. The van der Waals surface area contributed by atoms with Crippen LogP contribution in [0, 0.1) is 11.3 Å². The van der Waals surface area contributed by atoms with Gasteiger partial charge >= 0.3 is 6.09 Å². The van der Waals surface area contributed by atoms with E-state index in [1.165, 1.54) is 0 Å². The second-order valence-electron chi connectivity index (χ2n) is 5.35. The third kappa shape index (κ3) is 6.60. The van der Waals surface area contributed by atoms with Gasteiger partial charge in [-0.1, -0.05) is 24.3 Å². The molecule has 1 rings (SSSR count). The first kappa shape index (κ1) is 15.8. The van der Waals surface area contributed by atoms with Crippen LogP contribution in [-0.2, 0) is 4.74 Å². The summed E-state index contributed by atoms with van der Waals surface area (Å²) in [5, 5.41) is 11.4. The third-order valence-electron chi connectivity index (χ3n) is 2.33.